The topological polar surface area (TPSA) is 98.6 Å². The summed E-state index contributed by atoms with van der Waals surface area (Å²) in [7, 11) is 0. The smallest absolute Gasteiger partial charge is 0.404 e. The summed E-state index contributed by atoms with van der Waals surface area (Å²) < 4.78 is 14.2. The molecule has 0 aliphatic carbocycles. The third-order valence-corrected chi connectivity index (χ3v) is 6.48. The summed E-state index contributed by atoms with van der Waals surface area (Å²) in [5.41, 5.74) is 2.12. The number of aromatic hydroxyl groups is 1. The Hall–Kier alpha value is -4.20. The van der Waals surface area contributed by atoms with Gasteiger partial charge in [-0.25, -0.2) is 19.2 Å². The molecule has 0 spiro atoms. The third-order valence-electron chi connectivity index (χ3n) is 6.48. The van der Waals surface area contributed by atoms with Crippen molar-refractivity contribution in [2.45, 2.75) is 18.9 Å². The molecule has 2 heterocycles. The minimum absolute atomic E-state index is 0.0402. The van der Waals surface area contributed by atoms with Gasteiger partial charge in [0.1, 0.15) is 17.4 Å². The normalized spacial score (nSPS) is 16.4. The summed E-state index contributed by atoms with van der Waals surface area (Å²) in [6.07, 6.45) is 0.277. The van der Waals surface area contributed by atoms with E-state index in [0.29, 0.717) is 47.6 Å². The van der Waals surface area contributed by atoms with Crippen LogP contribution in [0.3, 0.4) is 0 Å². The molecule has 1 fully saturated rings. The molecule has 2 atom stereocenters. The Morgan fingerprint density at radius 1 is 1.09 bits per heavy atom. The fourth-order valence-electron chi connectivity index (χ4n) is 4.78. The predicted octanol–water partition coefficient (Wildman–Crippen LogP) is 4.85. The first-order chi connectivity index (χ1) is 17.0. The number of phenols is 1. The second-order valence-corrected chi connectivity index (χ2v) is 8.79. The molecular formula is C27H25FN4O3. The van der Waals surface area contributed by atoms with Gasteiger partial charge in [-0.15, -0.1) is 0 Å². The van der Waals surface area contributed by atoms with Gasteiger partial charge in [-0.2, -0.15) is 0 Å². The number of aromatic nitrogens is 2. The van der Waals surface area contributed by atoms with Crippen molar-refractivity contribution in [1.29, 1.82) is 0 Å². The van der Waals surface area contributed by atoms with E-state index in [1.807, 2.05) is 30.3 Å². The fraction of sp³-hybridized carbons (Fsp3) is 0.222. The molecule has 1 aliphatic heterocycles. The number of carbonyl (C=O) groups is 1. The maximum Gasteiger partial charge on any atom is 0.404 e. The quantitative estimate of drug-likeness (QED) is 0.371. The monoisotopic (exact) mass is 472 g/mol. The van der Waals surface area contributed by atoms with Crippen LogP contribution in [0.4, 0.5) is 15.0 Å². The molecule has 178 valence electrons. The van der Waals surface area contributed by atoms with Crippen LogP contribution in [-0.2, 0) is 6.42 Å². The molecular weight excluding hydrogens is 447 g/mol. The van der Waals surface area contributed by atoms with Gasteiger partial charge >= 0.3 is 6.09 Å². The second kappa shape index (κ2) is 9.58. The number of amides is 1. The number of nitrogens with one attached hydrogen (secondary N) is 1. The third kappa shape index (κ3) is 4.87. The van der Waals surface area contributed by atoms with Gasteiger partial charge in [0.25, 0.3) is 0 Å². The van der Waals surface area contributed by atoms with E-state index < -0.39 is 6.09 Å². The first kappa shape index (κ1) is 22.6. The Balaban J connectivity index is 1.49. The molecule has 1 saturated heterocycles. The molecule has 35 heavy (non-hydrogen) atoms. The number of rotatable bonds is 6. The van der Waals surface area contributed by atoms with Crippen LogP contribution in [0.2, 0.25) is 0 Å². The van der Waals surface area contributed by atoms with Gasteiger partial charge in [0.05, 0.1) is 11.1 Å². The van der Waals surface area contributed by atoms with E-state index in [-0.39, 0.29) is 23.5 Å². The Kier molecular flexibility index (Phi) is 6.18. The number of halogens is 1. The lowest BCUT2D eigenvalue weighted by molar-refractivity contribution is 0.185. The van der Waals surface area contributed by atoms with Crippen LogP contribution >= 0.6 is 0 Å². The van der Waals surface area contributed by atoms with Crippen molar-refractivity contribution in [2.24, 2.45) is 5.92 Å². The van der Waals surface area contributed by atoms with Crippen molar-refractivity contribution >= 4 is 22.8 Å². The van der Waals surface area contributed by atoms with Gasteiger partial charge in [0, 0.05) is 24.5 Å². The molecule has 0 radical (unpaired) electrons. The molecule has 5 rings (SSSR count). The van der Waals surface area contributed by atoms with Crippen LogP contribution in [0.1, 0.15) is 12.0 Å². The fourth-order valence-corrected chi connectivity index (χ4v) is 4.78. The van der Waals surface area contributed by atoms with Crippen molar-refractivity contribution in [1.82, 2.24) is 15.3 Å². The molecule has 1 aliphatic rings. The summed E-state index contributed by atoms with van der Waals surface area (Å²) in [5.74, 6) is 0.642. The van der Waals surface area contributed by atoms with Gasteiger partial charge < -0.3 is 20.4 Å². The second-order valence-electron chi connectivity index (χ2n) is 8.79. The summed E-state index contributed by atoms with van der Waals surface area (Å²) in [6.45, 7) is 1.20. The molecule has 8 heteroatoms. The highest BCUT2D eigenvalue weighted by atomic mass is 19.1. The molecule has 7 nitrogen and oxygen atoms in total. The van der Waals surface area contributed by atoms with Gasteiger partial charge in [-0.05, 0) is 54.7 Å². The van der Waals surface area contributed by atoms with Crippen LogP contribution in [-0.4, -0.2) is 45.4 Å². The van der Waals surface area contributed by atoms with Crippen LogP contribution in [0.25, 0.3) is 22.3 Å². The molecule has 2 unspecified atom stereocenters. The van der Waals surface area contributed by atoms with E-state index in [9.17, 15) is 19.4 Å². The van der Waals surface area contributed by atoms with Crippen molar-refractivity contribution in [3.05, 3.63) is 84.2 Å². The molecule has 1 amide bonds. The Bertz CT molecular complexity index is 1370. The highest BCUT2D eigenvalue weighted by molar-refractivity contribution is 5.91. The number of para-hydroxylation sites is 1. The van der Waals surface area contributed by atoms with Crippen molar-refractivity contribution < 1.29 is 19.4 Å². The summed E-state index contributed by atoms with van der Waals surface area (Å²) in [4.78, 5) is 22.9. The number of carboxylic acid groups (broad SMARTS) is 1. The number of benzene rings is 3. The Labute approximate surface area is 201 Å². The molecule has 3 N–H and O–H groups in total. The van der Waals surface area contributed by atoms with E-state index >= 15 is 0 Å². The summed E-state index contributed by atoms with van der Waals surface area (Å²) in [6, 6.07) is 20.7. The number of phenolic OH excluding ortho intramolecular Hbond substituents is 1. The van der Waals surface area contributed by atoms with E-state index in [2.05, 4.69) is 15.2 Å². The van der Waals surface area contributed by atoms with Crippen molar-refractivity contribution in [3.63, 3.8) is 0 Å². The van der Waals surface area contributed by atoms with Gasteiger partial charge in [0.15, 0.2) is 5.82 Å². The summed E-state index contributed by atoms with van der Waals surface area (Å²) >= 11 is 0. The lowest BCUT2D eigenvalue weighted by Crippen LogP contribution is -2.42. The number of nitrogens with zero attached hydrogens (tertiary/aromatic N) is 3. The van der Waals surface area contributed by atoms with E-state index in [0.717, 1.165) is 12.0 Å². The van der Waals surface area contributed by atoms with Crippen LogP contribution in [0.15, 0.2) is 72.8 Å². The Morgan fingerprint density at radius 2 is 1.86 bits per heavy atom. The number of hydrogen-bond donors (Lipinski definition) is 3. The zero-order valence-electron chi connectivity index (χ0n) is 18.9. The van der Waals surface area contributed by atoms with Gasteiger partial charge in [-0.3, -0.25) is 0 Å². The zero-order chi connectivity index (χ0) is 24.4. The molecule has 0 saturated carbocycles. The van der Waals surface area contributed by atoms with E-state index in [4.69, 9.17) is 4.98 Å². The number of hydrogen-bond acceptors (Lipinski definition) is 5. The van der Waals surface area contributed by atoms with E-state index in [1.54, 1.807) is 30.3 Å². The number of fused-ring (bicyclic) bond motifs is 1. The minimum Gasteiger partial charge on any atom is -0.507 e. The van der Waals surface area contributed by atoms with Crippen LogP contribution in [0, 0.1) is 11.7 Å². The van der Waals surface area contributed by atoms with Crippen LogP contribution < -0.4 is 10.2 Å². The van der Waals surface area contributed by atoms with Gasteiger partial charge in [0.2, 0.25) is 0 Å². The Morgan fingerprint density at radius 3 is 2.63 bits per heavy atom. The maximum atomic E-state index is 14.2. The minimum atomic E-state index is -1.05. The average Bonchev–Trinajstić information content (AvgIpc) is 3.34. The lowest BCUT2D eigenvalue weighted by Gasteiger charge is -2.25. The lowest BCUT2D eigenvalue weighted by atomic mass is 9.93. The molecule has 0 bridgehead atoms. The number of anilines is 1. The van der Waals surface area contributed by atoms with Crippen molar-refractivity contribution in [3.8, 4) is 17.1 Å². The summed E-state index contributed by atoms with van der Waals surface area (Å²) in [5, 5.41) is 23.1. The first-order valence-corrected chi connectivity index (χ1v) is 11.5. The predicted molar refractivity (Wildman–Crippen MR) is 132 cm³/mol. The average molecular weight is 473 g/mol. The van der Waals surface area contributed by atoms with E-state index in [1.165, 1.54) is 12.1 Å². The largest absolute Gasteiger partial charge is 0.507 e. The highest BCUT2D eigenvalue weighted by Crippen LogP contribution is 2.34. The van der Waals surface area contributed by atoms with Crippen LogP contribution in [0.5, 0.6) is 5.75 Å². The standard InChI is InChI=1S/C27H25FN4O3/c28-19-10-11-22-21(15-19)26(31-25(29-22)20-8-4-5-9-24(20)33)32-13-12-18(16-32)23(30-27(34)35)14-17-6-2-1-3-7-17/h1-11,15,18,23,30,33H,12-14,16H2,(H,34,35). The first-order valence-electron chi connectivity index (χ1n) is 11.5. The maximum absolute atomic E-state index is 14.2. The molecule has 3 aromatic carbocycles. The van der Waals surface area contributed by atoms with Gasteiger partial charge in [-0.1, -0.05) is 42.5 Å². The molecule has 4 aromatic rings. The zero-order valence-corrected chi connectivity index (χ0v) is 18.9. The highest BCUT2D eigenvalue weighted by Gasteiger charge is 2.32. The molecule has 1 aromatic heterocycles. The SMILES string of the molecule is O=C(O)NC(Cc1ccccc1)C1CCN(c2nc(-c3ccccc3O)nc3ccc(F)cc23)C1. The van der Waals surface area contributed by atoms with Crippen molar-refractivity contribution in [2.75, 3.05) is 18.0 Å².